The highest BCUT2D eigenvalue weighted by Crippen LogP contribution is 2.41. The fourth-order valence-corrected chi connectivity index (χ4v) is 1.30. The summed E-state index contributed by atoms with van der Waals surface area (Å²) in [5.41, 5.74) is 0. The minimum atomic E-state index is -0.0848. The van der Waals surface area contributed by atoms with E-state index in [1.807, 2.05) is 0 Å². The minimum absolute atomic E-state index is 0.00633. The molecule has 102 valence electrons. The maximum Gasteiger partial charge on any atom is 0.292 e. The fraction of sp³-hybridized carbons (Fsp3) is 0.250. The molecule has 0 saturated carbocycles. The van der Waals surface area contributed by atoms with Crippen molar-refractivity contribution in [1.29, 1.82) is 15.8 Å². The summed E-state index contributed by atoms with van der Waals surface area (Å²) in [7, 11) is 0. The van der Waals surface area contributed by atoms with Crippen LogP contribution >= 0.6 is 0 Å². The molecule has 0 aliphatic rings. The van der Waals surface area contributed by atoms with Gasteiger partial charge in [0.25, 0.3) is 18.8 Å². The Morgan fingerprint density at radius 1 is 0.950 bits per heavy atom. The molecule has 0 spiro atoms. The number of hydrogen-bond acceptors (Lipinski definition) is 8. The number of ether oxygens (including phenoxy) is 4. The molecule has 1 rings (SSSR count). The lowest BCUT2D eigenvalue weighted by molar-refractivity contribution is 0.226. The van der Waals surface area contributed by atoms with E-state index in [0.717, 1.165) is 0 Å². The van der Waals surface area contributed by atoms with E-state index in [0.29, 0.717) is 6.42 Å². The Labute approximate surface area is 114 Å². The van der Waals surface area contributed by atoms with Gasteiger partial charge in [-0.3, -0.25) is 0 Å². The van der Waals surface area contributed by atoms with Gasteiger partial charge in [-0.2, -0.15) is 0 Å². The summed E-state index contributed by atoms with van der Waals surface area (Å²) in [6.07, 6.45) is 4.68. The van der Waals surface area contributed by atoms with Crippen molar-refractivity contribution < 1.29 is 24.1 Å². The zero-order valence-electron chi connectivity index (χ0n) is 10.2. The maximum atomic E-state index is 8.70. The van der Waals surface area contributed by atoms with Gasteiger partial charge < -0.3 is 24.1 Å². The van der Waals surface area contributed by atoms with E-state index in [1.54, 1.807) is 0 Å². The quantitative estimate of drug-likeness (QED) is 0.577. The lowest BCUT2D eigenvalue weighted by atomic mass is 10.2. The predicted molar refractivity (Wildman–Crippen MR) is 62.4 cm³/mol. The lowest BCUT2D eigenvalue weighted by Gasteiger charge is -2.12. The monoisotopic (exact) mass is 275 g/mol. The first-order chi connectivity index (χ1) is 9.76. The van der Waals surface area contributed by atoms with Crippen LogP contribution in [-0.2, 0) is 0 Å². The van der Waals surface area contributed by atoms with E-state index in [2.05, 4.69) is 14.2 Å². The van der Waals surface area contributed by atoms with E-state index in [-0.39, 0.29) is 36.2 Å². The Morgan fingerprint density at radius 2 is 1.50 bits per heavy atom. The zero-order valence-corrected chi connectivity index (χ0v) is 10.2. The van der Waals surface area contributed by atoms with E-state index in [4.69, 9.17) is 25.6 Å². The molecule has 1 N–H and O–H groups in total. The summed E-state index contributed by atoms with van der Waals surface area (Å²) < 4.78 is 19.2. The lowest BCUT2D eigenvalue weighted by Crippen LogP contribution is -2.03. The van der Waals surface area contributed by atoms with Gasteiger partial charge in [0.05, 0.1) is 6.61 Å². The molecule has 0 aliphatic heterocycles. The Kier molecular flexibility index (Phi) is 5.99. The number of benzene rings is 1. The van der Waals surface area contributed by atoms with E-state index < -0.39 is 0 Å². The molecule has 0 unspecified atom stereocenters. The molecule has 0 heterocycles. The molecule has 0 bridgehead atoms. The minimum Gasteiger partial charge on any atom is -0.486 e. The first-order valence-corrected chi connectivity index (χ1v) is 5.36. The molecule has 1 aromatic rings. The van der Waals surface area contributed by atoms with Crippen LogP contribution in [0.15, 0.2) is 12.1 Å². The van der Waals surface area contributed by atoms with Crippen LogP contribution in [0.1, 0.15) is 6.42 Å². The van der Waals surface area contributed by atoms with Crippen LogP contribution < -0.4 is 18.9 Å². The second-order valence-electron chi connectivity index (χ2n) is 3.25. The van der Waals surface area contributed by atoms with Crippen molar-refractivity contribution in [3.63, 3.8) is 0 Å². The van der Waals surface area contributed by atoms with Crippen LogP contribution in [-0.4, -0.2) is 18.3 Å². The molecule has 0 saturated heterocycles. The Bertz CT molecular complexity index is 545. The van der Waals surface area contributed by atoms with Gasteiger partial charge >= 0.3 is 0 Å². The molecule has 0 aliphatic carbocycles. The third kappa shape index (κ3) is 3.95. The van der Waals surface area contributed by atoms with Crippen molar-refractivity contribution in [3.8, 4) is 41.8 Å². The highest BCUT2D eigenvalue weighted by atomic mass is 16.5. The second-order valence-corrected chi connectivity index (χ2v) is 3.25. The van der Waals surface area contributed by atoms with Crippen LogP contribution in [0, 0.1) is 34.6 Å². The summed E-state index contributed by atoms with van der Waals surface area (Å²) in [4.78, 5) is 0. The normalized spacial score (nSPS) is 8.70. The summed E-state index contributed by atoms with van der Waals surface area (Å²) in [6, 6.07) is 2.48. The van der Waals surface area contributed by atoms with Crippen molar-refractivity contribution in [2.24, 2.45) is 0 Å². The zero-order chi connectivity index (χ0) is 14.8. The van der Waals surface area contributed by atoms with Gasteiger partial charge in [-0.25, -0.2) is 0 Å². The topological polar surface area (TPSA) is 129 Å². The molecular weight excluding hydrogens is 266 g/mol. The van der Waals surface area contributed by atoms with Crippen LogP contribution in [0.4, 0.5) is 0 Å². The number of rotatable bonds is 7. The largest absolute Gasteiger partial charge is 0.486 e. The average Bonchev–Trinajstić information content (AvgIpc) is 2.43. The molecule has 8 nitrogen and oxygen atoms in total. The second kappa shape index (κ2) is 8.04. The van der Waals surface area contributed by atoms with E-state index in [1.165, 1.54) is 30.9 Å². The third-order valence-electron chi connectivity index (χ3n) is 2.02. The van der Waals surface area contributed by atoms with Crippen LogP contribution in [0.2, 0.25) is 0 Å². The molecule has 1 aromatic carbocycles. The first kappa shape index (κ1) is 14.9. The molecule has 0 fully saturated rings. The number of aliphatic hydroxyl groups excluding tert-OH is 1. The van der Waals surface area contributed by atoms with Gasteiger partial charge in [0, 0.05) is 25.2 Å². The highest BCUT2D eigenvalue weighted by molar-refractivity contribution is 5.56. The number of aliphatic hydroxyl groups is 1. The van der Waals surface area contributed by atoms with Crippen molar-refractivity contribution in [2.45, 2.75) is 6.42 Å². The van der Waals surface area contributed by atoms with E-state index in [9.17, 15) is 0 Å². The third-order valence-corrected chi connectivity index (χ3v) is 2.02. The number of nitriles is 3. The molecular formula is C12H9N3O5. The van der Waals surface area contributed by atoms with Gasteiger partial charge in [-0.1, -0.05) is 0 Å². The first-order valence-electron chi connectivity index (χ1n) is 5.36. The Morgan fingerprint density at radius 3 is 1.95 bits per heavy atom. The fourth-order valence-electron chi connectivity index (χ4n) is 1.30. The highest BCUT2D eigenvalue weighted by Gasteiger charge is 2.17. The summed E-state index contributed by atoms with van der Waals surface area (Å²) in [5, 5.41) is 34.3. The SMILES string of the molecule is N#COc1cc(OC#N)c(OCCCO)c(OC#N)c1. The summed E-state index contributed by atoms with van der Waals surface area (Å²) in [6.45, 7) is 0.0387. The van der Waals surface area contributed by atoms with Crippen LogP contribution in [0.25, 0.3) is 0 Å². The predicted octanol–water partition coefficient (Wildman–Crippen LogP) is 1.03. The molecule has 0 atom stereocenters. The average molecular weight is 275 g/mol. The van der Waals surface area contributed by atoms with E-state index >= 15 is 0 Å². The number of hydrogen-bond donors (Lipinski definition) is 1. The summed E-state index contributed by atoms with van der Waals surface area (Å²) >= 11 is 0. The molecule has 0 aromatic heterocycles. The molecule has 8 heteroatoms. The van der Waals surface area contributed by atoms with Gasteiger partial charge in [0.15, 0.2) is 11.5 Å². The van der Waals surface area contributed by atoms with Gasteiger partial charge in [0.2, 0.25) is 5.75 Å². The maximum absolute atomic E-state index is 8.70. The Balaban J connectivity index is 3.17. The van der Waals surface area contributed by atoms with Crippen molar-refractivity contribution in [1.82, 2.24) is 0 Å². The summed E-state index contributed by atoms with van der Waals surface area (Å²) in [5.74, 6) is -0.101. The Hall–Kier alpha value is -3.15. The standard InChI is InChI=1S/C12H9N3O5/c13-6-18-9-4-10(19-7-14)12(17-3-1-2-16)11(5-9)20-8-15/h4-5,16H,1-3H2. The van der Waals surface area contributed by atoms with Crippen LogP contribution in [0.5, 0.6) is 23.0 Å². The van der Waals surface area contributed by atoms with Gasteiger partial charge in [-0.05, 0) is 0 Å². The van der Waals surface area contributed by atoms with Gasteiger partial charge in [-0.15, -0.1) is 15.8 Å². The smallest absolute Gasteiger partial charge is 0.292 e. The van der Waals surface area contributed by atoms with Crippen LogP contribution in [0.3, 0.4) is 0 Å². The molecule has 20 heavy (non-hydrogen) atoms. The van der Waals surface area contributed by atoms with Crippen molar-refractivity contribution >= 4 is 0 Å². The van der Waals surface area contributed by atoms with Crippen molar-refractivity contribution in [2.75, 3.05) is 13.2 Å². The molecule has 0 radical (unpaired) electrons. The van der Waals surface area contributed by atoms with Crippen molar-refractivity contribution in [3.05, 3.63) is 12.1 Å². The molecule has 0 amide bonds. The number of nitrogens with zero attached hydrogens (tertiary/aromatic N) is 3. The van der Waals surface area contributed by atoms with Gasteiger partial charge in [0.1, 0.15) is 5.75 Å².